The minimum atomic E-state index is -0.661. The molecular formula is C24H44N2O2. The summed E-state index contributed by atoms with van der Waals surface area (Å²) in [6, 6.07) is 0. The summed E-state index contributed by atoms with van der Waals surface area (Å²) < 4.78 is 7.02. The number of piperidine rings is 1. The molecule has 1 amide bonds. The molecule has 0 bridgehead atoms. The zero-order valence-corrected chi connectivity index (χ0v) is 19.4. The number of amides is 1. The molecule has 4 heteroatoms. The quantitative estimate of drug-likeness (QED) is 0.546. The van der Waals surface area contributed by atoms with E-state index < -0.39 is 11.3 Å². The van der Waals surface area contributed by atoms with Gasteiger partial charge in [0.25, 0.3) is 5.91 Å². The molecule has 0 aromatic heterocycles. The molecular weight excluding hydrogens is 348 g/mol. The van der Waals surface area contributed by atoms with Crippen molar-refractivity contribution in [1.82, 2.24) is 9.80 Å². The van der Waals surface area contributed by atoms with Gasteiger partial charge in [0.2, 0.25) is 0 Å². The lowest BCUT2D eigenvalue weighted by molar-refractivity contribution is -0.195. The molecule has 0 N–H and O–H groups in total. The monoisotopic (exact) mass is 392 g/mol. The number of rotatable bonds is 0. The second-order valence-corrected chi connectivity index (χ2v) is 11.1. The summed E-state index contributed by atoms with van der Waals surface area (Å²) >= 11 is 0. The Balaban J connectivity index is 1.87. The highest BCUT2D eigenvalue weighted by Crippen LogP contribution is 2.52. The third-order valence-corrected chi connectivity index (χ3v) is 8.08. The van der Waals surface area contributed by atoms with Gasteiger partial charge in [-0.2, -0.15) is 0 Å². The number of likely N-dealkylation sites (N-methyl/N-ethyl adjacent to an activating group) is 1. The second-order valence-electron chi connectivity index (χ2n) is 11.1. The van der Waals surface area contributed by atoms with Crippen molar-refractivity contribution < 1.29 is 9.53 Å². The molecule has 1 aliphatic carbocycles. The van der Waals surface area contributed by atoms with E-state index in [2.05, 4.69) is 39.6 Å². The molecule has 3 fully saturated rings. The normalized spacial score (nSPS) is 30.9. The van der Waals surface area contributed by atoms with Crippen LogP contribution in [0.1, 0.15) is 111 Å². The van der Waals surface area contributed by atoms with E-state index in [1.165, 1.54) is 57.8 Å². The van der Waals surface area contributed by atoms with E-state index in [9.17, 15) is 4.79 Å². The molecule has 0 atom stereocenters. The maximum Gasteiger partial charge on any atom is 0.257 e. The van der Waals surface area contributed by atoms with Crippen LogP contribution >= 0.6 is 0 Å². The Bertz CT molecular complexity index is 539. The molecule has 4 nitrogen and oxygen atoms in total. The number of hydrogen-bond acceptors (Lipinski definition) is 3. The van der Waals surface area contributed by atoms with Crippen molar-refractivity contribution in [3.8, 4) is 0 Å². The first kappa shape index (κ1) is 22.1. The third kappa shape index (κ3) is 4.01. The molecule has 162 valence electrons. The summed E-state index contributed by atoms with van der Waals surface area (Å²) in [6.45, 7) is 9.05. The van der Waals surface area contributed by atoms with E-state index in [1.54, 1.807) is 0 Å². The number of nitrogens with zero attached hydrogens (tertiary/aromatic N) is 2. The topological polar surface area (TPSA) is 32.8 Å². The second kappa shape index (κ2) is 7.91. The Hall–Kier alpha value is -0.610. The van der Waals surface area contributed by atoms with E-state index in [0.717, 1.165) is 25.7 Å². The van der Waals surface area contributed by atoms with Crippen LogP contribution in [0.15, 0.2) is 0 Å². The predicted octanol–water partition coefficient (Wildman–Crippen LogP) is 5.50. The first-order chi connectivity index (χ1) is 13.0. The minimum absolute atomic E-state index is 0.0604. The Kier molecular flexibility index (Phi) is 6.23. The zero-order chi connectivity index (χ0) is 20.6. The molecule has 0 aromatic carbocycles. The summed E-state index contributed by atoms with van der Waals surface area (Å²) in [6.07, 6.45) is 15.2. The smallest absolute Gasteiger partial charge is 0.257 e. The fraction of sp³-hybridized carbons (Fsp3) is 0.958. The van der Waals surface area contributed by atoms with Gasteiger partial charge < -0.3 is 9.64 Å². The molecule has 0 radical (unpaired) electrons. The fourth-order valence-corrected chi connectivity index (χ4v) is 6.31. The molecule has 2 heterocycles. The summed E-state index contributed by atoms with van der Waals surface area (Å²) in [5, 5.41) is 0. The van der Waals surface area contributed by atoms with Crippen LogP contribution in [-0.2, 0) is 9.53 Å². The van der Waals surface area contributed by atoms with Gasteiger partial charge in [0.15, 0.2) is 5.60 Å². The molecule has 1 saturated carbocycles. The van der Waals surface area contributed by atoms with E-state index in [-0.39, 0.29) is 17.0 Å². The summed E-state index contributed by atoms with van der Waals surface area (Å²) in [5.74, 6) is 0.230. The van der Waals surface area contributed by atoms with Gasteiger partial charge in [-0.25, -0.2) is 0 Å². The average molecular weight is 393 g/mol. The molecule has 2 saturated heterocycles. The van der Waals surface area contributed by atoms with Crippen molar-refractivity contribution in [2.75, 3.05) is 14.1 Å². The predicted molar refractivity (Wildman–Crippen MR) is 115 cm³/mol. The summed E-state index contributed by atoms with van der Waals surface area (Å²) in [7, 11) is 4.21. The van der Waals surface area contributed by atoms with Crippen LogP contribution in [0.2, 0.25) is 0 Å². The molecule has 0 aromatic rings. The maximum absolute atomic E-state index is 13.7. The van der Waals surface area contributed by atoms with Gasteiger partial charge >= 0.3 is 0 Å². The Morgan fingerprint density at radius 1 is 0.714 bits per heavy atom. The fourth-order valence-electron chi connectivity index (χ4n) is 6.31. The average Bonchev–Trinajstić information content (AvgIpc) is 2.78. The highest BCUT2D eigenvalue weighted by atomic mass is 16.6. The number of ether oxygens (including phenoxy) is 1. The van der Waals surface area contributed by atoms with Gasteiger partial charge in [0, 0.05) is 31.0 Å². The molecule has 3 rings (SSSR count). The maximum atomic E-state index is 13.7. The van der Waals surface area contributed by atoms with E-state index >= 15 is 0 Å². The summed E-state index contributed by atoms with van der Waals surface area (Å²) in [4.78, 5) is 18.2. The van der Waals surface area contributed by atoms with Gasteiger partial charge in [-0.05, 0) is 60.4 Å². The van der Waals surface area contributed by atoms with Gasteiger partial charge in [0.05, 0.1) is 0 Å². The highest BCUT2D eigenvalue weighted by molar-refractivity contribution is 5.88. The van der Waals surface area contributed by atoms with Crippen LogP contribution < -0.4 is 0 Å². The molecule has 2 spiro atoms. The Morgan fingerprint density at radius 3 is 1.54 bits per heavy atom. The first-order valence-corrected chi connectivity index (χ1v) is 11.8. The van der Waals surface area contributed by atoms with E-state index in [0.29, 0.717) is 0 Å². The lowest BCUT2D eigenvalue weighted by atomic mass is 9.71. The molecule has 2 aliphatic heterocycles. The standard InChI is InChI=1S/C24H44N2O2/c1-21(2)18-23(19-22(3,4)26(21)6)20(27)25(5)24(28-23)16-14-12-10-8-7-9-11-13-15-17-24/h7-19H2,1-6H3. The first-order valence-electron chi connectivity index (χ1n) is 11.8. The van der Waals surface area contributed by atoms with E-state index in [1.807, 2.05) is 11.9 Å². The highest BCUT2D eigenvalue weighted by Gasteiger charge is 2.64. The van der Waals surface area contributed by atoms with Crippen molar-refractivity contribution in [1.29, 1.82) is 0 Å². The lowest BCUT2D eigenvalue weighted by Gasteiger charge is -2.56. The van der Waals surface area contributed by atoms with Crippen molar-refractivity contribution in [2.24, 2.45) is 0 Å². The van der Waals surface area contributed by atoms with Crippen LogP contribution in [0.4, 0.5) is 0 Å². The van der Waals surface area contributed by atoms with Crippen molar-refractivity contribution >= 4 is 5.91 Å². The van der Waals surface area contributed by atoms with Gasteiger partial charge in [-0.1, -0.05) is 44.9 Å². The van der Waals surface area contributed by atoms with Crippen LogP contribution in [0.25, 0.3) is 0 Å². The van der Waals surface area contributed by atoms with Crippen LogP contribution in [0.5, 0.6) is 0 Å². The Morgan fingerprint density at radius 2 is 1.11 bits per heavy atom. The number of hydrogen-bond donors (Lipinski definition) is 0. The number of carbonyl (C=O) groups excluding carboxylic acids is 1. The largest absolute Gasteiger partial charge is 0.339 e. The zero-order valence-electron chi connectivity index (χ0n) is 19.4. The SMILES string of the molecule is CN1C(C)(C)CC2(CC1(C)C)OC1(CCCCCCCCCCC1)N(C)C2=O. The molecule has 28 heavy (non-hydrogen) atoms. The van der Waals surface area contributed by atoms with E-state index in [4.69, 9.17) is 4.74 Å². The van der Waals surface area contributed by atoms with Crippen LogP contribution in [-0.4, -0.2) is 52.2 Å². The third-order valence-electron chi connectivity index (χ3n) is 8.08. The van der Waals surface area contributed by atoms with Crippen molar-refractivity contribution in [3.63, 3.8) is 0 Å². The lowest BCUT2D eigenvalue weighted by Crippen LogP contribution is -2.66. The van der Waals surface area contributed by atoms with Gasteiger partial charge in [0.1, 0.15) is 5.72 Å². The summed E-state index contributed by atoms with van der Waals surface area (Å²) in [5.41, 5.74) is -1.17. The van der Waals surface area contributed by atoms with Crippen LogP contribution in [0.3, 0.4) is 0 Å². The molecule has 3 aliphatic rings. The van der Waals surface area contributed by atoms with Gasteiger partial charge in [-0.15, -0.1) is 0 Å². The number of carbonyl (C=O) groups is 1. The van der Waals surface area contributed by atoms with Crippen molar-refractivity contribution in [3.05, 3.63) is 0 Å². The minimum Gasteiger partial charge on any atom is -0.339 e. The van der Waals surface area contributed by atoms with Crippen molar-refractivity contribution in [2.45, 2.75) is 134 Å². The molecule has 0 unspecified atom stereocenters. The number of likely N-dealkylation sites (tertiary alicyclic amines) is 1. The Labute approximate surface area is 173 Å². The van der Waals surface area contributed by atoms with Gasteiger partial charge in [-0.3, -0.25) is 9.69 Å². The van der Waals surface area contributed by atoms with Crippen LogP contribution in [0, 0.1) is 0 Å².